The van der Waals surface area contributed by atoms with E-state index in [1.54, 1.807) is 42.7 Å². The van der Waals surface area contributed by atoms with Gasteiger partial charge in [0.25, 0.3) is 0 Å². The van der Waals surface area contributed by atoms with Gasteiger partial charge in [-0.25, -0.2) is 0 Å². The normalized spacial score (nSPS) is 9.75. The summed E-state index contributed by atoms with van der Waals surface area (Å²) in [4.78, 5) is 22.3. The summed E-state index contributed by atoms with van der Waals surface area (Å²) in [6.45, 7) is 0. The fourth-order valence-corrected chi connectivity index (χ4v) is 1.45. The maximum atomic E-state index is 11.9. The number of carbonyl (C=O) groups excluding carboxylic acids is 2. The summed E-state index contributed by atoms with van der Waals surface area (Å²) in [6, 6.07) is 15.5. The fraction of sp³-hybridized carbons (Fsp3) is 0. The van der Waals surface area contributed by atoms with Gasteiger partial charge in [-0.3, -0.25) is 9.59 Å². The van der Waals surface area contributed by atoms with Crippen molar-refractivity contribution in [3.8, 4) is 0 Å². The van der Waals surface area contributed by atoms with Crippen LogP contribution in [0.1, 0.15) is 21.5 Å². The monoisotopic (exact) mass is 209 g/mol. The van der Waals surface area contributed by atoms with E-state index in [-0.39, 0.29) is 5.78 Å². The molecular formula is C14H9O2. The maximum absolute atomic E-state index is 11.9. The number of hydrogen-bond acceptors (Lipinski definition) is 2. The predicted octanol–water partition coefficient (Wildman–Crippen LogP) is 2.38. The van der Waals surface area contributed by atoms with Crippen LogP contribution in [-0.2, 0) is 4.79 Å². The molecule has 0 aliphatic carbocycles. The Kier molecular flexibility index (Phi) is 2.92. The highest BCUT2D eigenvalue weighted by atomic mass is 16.1. The first-order valence-electron chi connectivity index (χ1n) is 4.89. The van der Waals surface area contributed by atoms with E-state index >= 15 is 0 Å². The summed E-state index contributed by atoms with van der Waals surface area (Å²) in [5.41, 5.74) is 1.67. The number of ketones is 1. The average molecular weight is 209 g/mol. The van der Waals surface area contributed by atoms with E-state index < -0.39 is 0 Å². The minimum atomic E-state index is -0.0435. The van der Waals surface area contributed by atoms with E-state index in [1.165, 1.54) is 0 Å². The van der Waals surface area contributed by atoms with Crippen LogP contribution < -0.4 is 0 Å². The van der Waals surface area contributed by atoms with Crippen LogP contribution in [0.15, 0.2) is 54.6 Å². The zero-order valence-electron chi connectivity index (χ0n) is 8.51. The Bertz CT molecular complexity index is 498. The molecule has 0 spiro atoms. The Morgan fingerprint density at radius 1 is 0.812 bits per heavy atom. The standard InChI is InChI=1S/C14H9O2/c15-10-11-6-8-13(9-7-11)14(16)12-4-2-1-3-5-12/h1-9H. The number of hydrogen-bond donors (Lipinski definition) is 0. The summed E-state index contributed by atoms with van der Waals surface area (Å²) in [5.74, 6) is -0.0435. The van der Waals surface area contributed by atoms with Gasteiger partial charge in [-0.2, -0.15) is 0 Å². The van der Waals surface area contributed by atoms with Gasteiger partial charge in [0.1, 0.15) is 0 Å². The van der Waals surface area contributed by atoms with Crippen LogP contribution in [0.4, 0.5) is 0 Å². The van der Waals surface area contributed by atoms with Gasteiger partial charge in [-0.1, -0.05) is 54.6 Å². The van der Waals surface area contributed by atoms with E-state index in [0.717, 1.165) is 0 Å². The van der Waals surface area contributed by atoms with Crippen molar-refractivity contribution in [2.24, 2.45) is 0 Å². The van der Waals surface area contributed by atoms with Crippen LogP contribution in [0.5, 0.6) is 0 Å². The van der Waals surface area contributed by atoms with Crippen LogP contribution in [0.2, 0.25) is 0 Å². The first-order valence-corrected chi connectivity index (χ1v) is 4.89. The summed E-state index contributed by atoms with van der Waals surface area (Å²) in [6.07, 6.45) is 1.77. The van der Waals surface area contributed by atoms with Gasteiger partial charge < -0.3 is 0 Å². The lowest BCUT2D eigenvalue weighted by atomic mass is 10.0. The van der Waals surface area contributed by atoms with Gasteiger partial charge in [0.2, 0.25) is 6.29 Å². The molecule has 0 unspecified atom stereocenters. The third kappa shape index (κ3) is 2.06. The molecule has 0 atom stereocenters. The third-order valence-corrected chi connectivity index (χ3v) is 2.30. The van der Waals surface area contributed by atoms with Gasteiger partial charge in [0, 0.05) is 16.7 Å². The van der Waals surface area contributed by atoms with Crippen molar-refractivity contribution >= 4 is 12.1 Å². The summed E-state index contributed by atoms with van der Waals surface area (Å²) >= 11 is 0. The fourth-order valence-electron chi connectivity index (χ4n) is 1.45. The van der Waals surface area contributed by atoms with Crippen molar-refractivity contribution < 1.29 is 9.59 Å². The van der Waals surface area contributed by atoms with Gasteiger partial charge in [0.05, 0.1) is 0 Å². The summed E-state index contributed by atoms with van der Waals surface area (Å²) in [5, 5.41) is 0. The topological polar surface area (TPSA) is 34.1 Å². The van der Waals surface area contributed by atoms with E-state index in [2.05, 4.69) is 0 Å². The molecule has 2 aromatic rings. The largest absolute Gasteiger partial charge is 0.289 e. The molecule has 0 aliphatic rings. The molecule has 0 fully saturated rings. The summed E-state index contributed by atoms with van der Waals surface area (Å²) < 4.78 is 0. The average Bonchev–Trinajstić information content (AvgIpc) is 2.39. The molecule has 0 aliphatic heterocycles. The molecule has 2 heteroatoms. The second-order valence-corrected chi connectivity index (χ2v) is 3.37. The maximum Gasteiger partial charge on any atom is 0.233 e. The molecule has 0 heterocycles. The zero-order valence-corrected chi connectivity index (χ0v) is 8.51. The first kappa shape index (κ1) is 10.3. The smallest absolute Gasteiger partial charge is 0.233 e. The molecule has 16 heavy (non-hydrogen) atoms. The van der Waals surface area contributed by atoms with Crippen molar-refractivity contribution in [3.05, 3.63) is 71.3 Å². The van der Waals surface area contributed by atoms with Crippen molar-refractivity contribution in [2.75, 3.05) is 0 Å². The highest BCUT2D eigenvalue weighted by Crippen LogP contribution is 2.10. The number of rotatable bonds is 3. The van der Waals surface area contributed by atoms with E-state index in [0.29, 0.717) is 16.7 Å². The highest BCUT2D eigenvalue weighted by molar-refractivity contribution is 6.09. The lowest BCUT2D eigenvalue weighted by molar-refractivity contribution is 0.103. The Labute approximate surface area is 93.5 Å². The van der Waals surface area contributed by atoms with Gasteiger partial charge in [-0.05, 0) is 0 Å². The number of carbonyl (C=O) groups is 1. The molecule has 0 N–H and O–H groups in total. The second-order valence-electron chi connectivity index (χ2n) is 3.37. The quantitative estimate of drug-likeness (QED) is 0.727. The second kappa shape index (κ2) is 4.53. The van der Waals surface area contributed by atoms with Gasteiger partial charge in [0.15, 0.2) is 5.78 Å². The predicted molar refractivity (Wildman–Crippen MR) is 61.1 cm³/mol. The van der Waals surface area contributed by atoms with E-state index in [4.69, 9.17) is 0 Å². The van der Waals surface area contributed by atoms with Crippen LogP contribution >= 0.6 is 0 Å². The Morgan fingerprint density at radius 2 is 1.38 bits per heavy atom. The van der Waals surface area contributed by atoms with Gasteiger partial charge in [-0.15, -0.1) is 0 Å². The molecule has 0 saturated heterocycles. The van der Waals surface area contributed by atoms with Crippen molar-refractivity contribution in [1.29, 1.82) is 0 Å². The molecule has 0 aromatic heterocycles. The number of benzene rings is 2. The Morgan fingerprint density at radius 3 is 1.94 bits per heavy atom. The van der Waals surface area contributed by atoms with Crippen LogP contribution in [-0.4, -0.2) is 12.1 Å². The molecular weight excluding hydrogens is 200 g/mol. The summed E-state index contributed by atoms with van der Waals surface area (Å²) in [7, 11) is 0. The van der Waals surface area contributed by atoms with Crippen LogP contribution in [0.3, 0.4) is 0 Å². The molecule has 1 radical (unpaired) electrons. The molecule has 0 amide bonds. The van der Waals surface area contributed by atoms with Gasteiger partial charge >= 0.3 is 0 Å². The molecule has 2 aromatic carbocycles. The molecule has 2 rings (SSSR count). The van der Waals surface area contributed by atoms with Crippen molar-refractivity contribution in [1.82, 2.24) is 0 Å². The highest BCUT2D eigenvalue weighted by Gasteiger charge is 2.07. The Hall–Kier alpha value is -2.22. The minimum absolute atomic E-state index is 0.0435. The van der Waals surface area contributed by atoms with E-state index in [9.17, 15) is 9.59 Å². The lowest BCUT2D eigenvalue weighted by Gasteiger charge is -2.00. The minimum Gasteiger partial charge on any atom is -0.289 e. The molecule has 2 nitrogen and oxygen atoms in total. The molecule has 0 saturated carbocycles. The van der Waals surface area contributed by atoms with Crippen LogP contribution in [0, 0.1) is 0 Å². The third-order valence-electron chi connectivity index (χ3n) is 2.30. The Balaban J connectivity index is 2.31. The SMILES string of the molecule is O=[C]c1ccc(C(=O)c2ccccc2)cc1. The lowest BCUT2D eigenvalue weighted by Crippen LogP contribution is -2.00. The molecule has 77 valence electrons. The van der Waals surface area contributed by atoms with Crippen LogP contribution in [0.25, 0.3) is 0 Å². The van der Waals surface area contributed by atoms with Crippen molar-refractivity contribution in [2.45, 2.75) is 0 Å². The van der Waals surface area contributed by atoms with Crippen molar-refractivity contribution in [3.63, 3.8) is 0 Å². The van der Waals surface area contributed by atoms with E-state index in [1.807, 2.05) is 18.2 Å². The zero-order chi connectivity index (χ0) is 11.4. The first-order chi connectivity index (χ1) is 7.81. The molecule has 0 bridgehead atoms.